The zero-order chi connectivity index (χ0) is 13.8. The summed E-state index contributed by atoms with van der Waals surface area (Å²) in [7, 11) is 0. The zero-order valence-corrected chi connectivity index (χ0v) is 10.9. The topological polar surface area (TPSA) is 67.2 Å². The van der Waals surface area contributed by atoms with Gasteiger partial charge in [-0.3, -0.25) is 10.1 Å². The number of rotatable bonds is 4. The molecule has 1 aliphatic heterocycles. The molecule has 1 saturated heterocycles. The van der Waals surface area contributed by atoms with Crippen LogP contribution < -0.4 is 10.6 Å². The zero-order valence-electron chi connectivity index (χ0n) is 10.9. The first-order chi connectivity index (χ1) is 9.08. The lowest BCUT2D eigenvalue weighted by atomic mass is 9.92. The summed E-state index contributed by atoms with van der Waals surface area (Å²) in [4.78, 5) is 9.95. The molecule has 1 aromatic carbocycles. The fourth-order valence-corrected chi connectivity index (χ4v) is 2.40. The van der Waals surface area contributed by atoms with Gasteiger partial charge >= 0.3 is 0 Å². The summed E-state index contributed by atoms with van der Waals surface area (Å²) in [5.74, 6) is -0.131. The van der Waals surface area contributed by atoms with Crippen molar-refractivity contribution in [3.05, 3.63) is 34.1 Å². The van der Waals surface area contributed by atoms with Gasteiger partial charge in [0.05, 0.1) is 16.7 Å². The van der Waals surface area contributed by atoms with Gasteiger partial charge in [-0.05, 0) is 44.8 Å². The third kappa shape index (κ3) is 3.41. The molecular formula is C13H18FN3O2. The van der Waals surface area contributed by atoms with Crippen LogP contribution in [-0.4, -0.2) is 24.1 Å². The van der Waals surface area contributed by atoms with Crippen molar-refractivity contribution in [1.82, 2.24) is 5.32 Å². The third-order valence-corrected chi connectivity index (χ3v) is 3.59. The highest BCUT2D eigenvalue weighted by Gasteiger charge is 2.21. The van der Waals surface area contributed by atoms with Gasteiger partial charge < -0.3 is 10.6 Å². The molecule has 1 fully saturated rings. The highest BCUT2D eigenvalue weighted by molar-refractivity contribution is 5.50. The van der Waals surface area contributed by atoms with Crippen molar-refractivity contribution >= 4 is 11.4 Å². The van der Waals surface area contributed by atoms with Crippen molar-refractivity contribution < 1.29 is 9.31 Å². The van der Waals surface area contributed by atoms with Crippen LogP contribution in [-0.2, 0) is 0 Å². The summed E-state index contributed by atoms with van der Waals surface area (Å²) in [6.07, 6.45) is 2.23. The van der Waals surface area contributed by atoms with Crippen molar-refractivity contribution in [2.45, 2.75) is 25.8 Å². The third-order valence-electron chi connectivity index (χ3n) is 3.59. The van der Waals surface area contributed by atoms with Crippen molar-refractivity contribution in [2.75, 3.05) is 18.4 Å². The molecule has 104 valence electrons. The fraction of sp³-hybridized carbons (Fsp3) is 0.538. The minimum Gasteiger partial charge on any atom is -0.380 e. The van der Waals surface area contributed by atoms with Gasteiger partial charge in [0.15, 0.2) is 5.82 Å². The van der Waals surface area contributed by atoms with E-state index < -0.39 is 10.7 Å². The Balaban J connectivity index is 2.03. The van der Waals surface area contributed by atoms with Crippen LogP contribution >= 0.6 is 0 Å². The maximum absolute atomic E-state index is 13.8. The fourth-order valence-electron chi connectivity index (χ4n) is 2.40. The molecule has 5 nitrogen and oxygen atoms in total. The number of nitrogens with zero attached hydrogens (tertiary/aromatic N) is 1. The van der Waals surface area contributed by atoms with E-state index in [9.17, 15) is 14.5 Å². The Kier molecular flexibility index (Phi) is 4.31. The van der Waals surface area contributed by atoms with E-state index in [1.165, 1.54) is 12.1 Å². The normalized spacial score (nSPS) is 20.8. The average molecular weight is 267 g/mol. The van der Waals surface area contributed by atoms with E-state index >= 15 is 0 Å². The predicted molar refractivity (Wildman–Crippen MR) is 71.7 cm³/mol. The molecule has 0 spiro atoms. The molecule has 0 aromatic heterocycles. The Morgan fingerprint density at radius 3 is 2.95 bits per heavy atom. The number of benzene rings is 1. The Bertz CT molecular complexity index is 461. The number of nitro benzene ring substituents is 1. The molecule has 19 heavy (non-hydrogen) atoms. The Morgan fingerprint density at radius 2 is 2.37 bits per heavy atom. The lowest BCUT2D eigenvalue weighted by Gasteiger charge is -2.29. The summed E-state index contributed by atoms with van der Waals surface area (Å²) in [6.45, 7) is 3.97. The van der Waals surface area contributed by atoms with Gasteiger partial charge in [0.1, 0.15) is 0 Å². The van der Waals surface area contributed by atoms with E-state index in [-0.39, 0.29) is 11.7 Å². The van der Waals surface area contributed by atoms with E-state index in [4.69, 9.17) is 0 Å². The number of nitro groups is 1. The first kappa shape index (κ1) is 13.7. The van der Waals surface area contributed by atoms with Crippen molar-refractivity contribution in [2.24, 2.45) is 5.92 Å². The van der Waals surface area contributed by atoms with Crippen molar-refractivity contribution in [1.29, 1.82) is 0 Å². The molecule has 2 unspecified atom stereocenters. The maximum Gasteiger partial charge on any atom is 0.272 e. The van der Waals surface area contributed by atoms with Crippen molar-refractivity contribution in [3.63, 3.8) is 0 Å². The molecule has 1 aliphatic rings. The Hall–Kier alpha value is -1.69. The van der Waals surface area contributed by atoms with E-state index in [0.29, 0.717) is 11.6 Å². The molecule has 2 atom stereocenters. The molecule has 6 heteroatoms. The van der Waals surface area contributed by atoms with Gasteiger partial charge in [-0.15, -0.1) is 0 Å². The highest BCUT2D eigenvalue weighted by Crippen LogP contribution is 2.23. The highest BCUT2D eigenvalue weighted by atomic mass is 19.1. The maximum atomic E-state index is 13.8. The summed E-state index contributed by atoms with van der Waals surface area (Å²) in [5.41, 5.74) is 0.0960. The predicted octanol–water partition coefficient (Wildman–Crippen LogP) is 2.53. The quantitative estimate of drug-likeness (QED) is 0.650. The molecular weight excluding hydrogens is 249 g/mol. The number of hydrogen-bond donors (Lipinski definition) is 2. The molecule has 2 rings (SSSR count). The SMILES string of the molecule is CC(Nc1ccc([N+](=O)[O-])cc1F)C1CCCNC1. The standard InChI is InChI=1S/C13H18FN3O2/c1-9(10-3-2-6-15-8-10)16-13-5-4-11(17(18)19)7-12(13)14/h4-5,7,9-10,15-16H,2-3,6,8H2,1H3. The second-order valence-corrected chi connectivity index (χ2v) is 4.96. The van der Waals surface area contributed by atoms with Crippen LogP contribution in [0.2, 0.25) is 0 Å². The van der Waals surface area contributed by atoms with Crippen LogP contribution in [0, 0.1) is 21.8 Å². The minimum atomic E-state index is -0.596. The van der Waals surface area contributed by atoms with Gasteiger partial charge in [-0.2, -0.15) is 0 Å². The molecule has 0 radical (unpaired) electrons. The number of non-ortho nitro benzene ring substituents is 1. The van der Waals surface area contributed by atoms with Gasteiger partial charge in [0.25, 0.3) is 5.69 Å². The molecule has 0 saturated carbocycles. The first-order valence-corrected chi connectivity index (χ1v) is 6.49. The van der Waals surface area contributed by atoms with Gasteiger partial charge in [0, 0.05) is 12.1 Å². The average Bonchev–Trinajstić information content (AvgIpc) is 2.41. The van der Waals surface area contributed by atoms with Crippen LogP contribution in [0.4, 0.5) is 15.8 Å². The van der Waals surface area contributed by atoms with Gasteiger partial charge in [-0.1, -0.05) is 0 Å². The lowest BCUT2D eigenvalue weighted by molar-refractivity contribution is -0.385. The molecule has 0 amide bonds. The Labute approximate surface area is 111 Å². The lowest BCUT2D eigenvalue weighted by Crippen LogP contribution is -2.38. The van der Waals surface area contributed by atoms with Crippen LogP contribution in [0.1, 0.15) is 19.8 Å². The second kappa shape index (κ2) is 5.97. The summed E-state index contributed by atoms with van der Waals surface area (Å²) >= 11 is 0. The van der Waals surface area contributed by atoms with Crippen LogP contribution in [0.15, 0.2) is 18.2 Å². The van der Waals surface area contributed by atoms with Gasteiger partial charge in [0.2, 0.25) is 0 Å². The first-order valence-electron chi connectivity index (χ1n) is 6.49. The molecule has 0 aliphatic carbocycles. The van der Waals surface area contributed by atoms with E-state index in [0.717, 1.165) is 32.0 Å². The van der Waals surface area contributed by atoms with E-state index in [2.05, 4.69) is 10.6 Å². The second-order valence-electron chi connectivity index (χ2n) is 4.96. The van der Waals surface area contributed by atoms with E-state index in [1.807, 2.05) is 6.92 Å². The largest absolute Gasteiger partial charge is 0.380 e. The number of nitrogens with one attached hydrogen (secondary N) is 2. The number of anilines is 1. The number of halogens is 1. The monoisotopic (exact) mass is 267 g/mol. The van der Waals surface area contributed by atoms with Crippen molar-refractivity contribution in [3.8, 4) is 0 Å². The van der Waals surface area contributed by atoms with Crippen LogP contribution in [0.3, 0.4) is 0 Å². The smallest absolute Gasteiger partial charge is 0.272 e. The summed E-state index contributed by atoms with van der Waals surface area (Å²) < 4.78 is 13.8. The van der Waals surface area contributed by atoms with Gasteiger partial charge in [-0.25, -0.2) is 4.39 Å². The molecule has 2 N–H and O–H groups in total. The summed E-state index contributed by atoms with van der Waals surface area (Å²) in [6, 6.07) is 3.83. The molecule has 0 bridgehead atoms. The number of piperidine rings is 1. The molecule has 1 aromatic rings. The summed E-state index contributed by atoms with van der Waals surface area (Å²) in [5, 5.41) is 17.0. The van der Waals surface area contributed by atoms with Crippen LogP contribution in [0.5, 0.6) is 0 Å². The van der Waals surface area contributed by atoms with Crippen LogP contribution in [0.25, 0.3) is 0 Å². The molecule has 1 heterocycles. The van der Waals surface area contributed by atoms with E-state index in [1.54, 1.807) is 0 Å². The Morgan fingerprint density at radius 1 is 1.58 bits per heavy atom. The number of hydrogen-bond acceptors (Lipinski definition) is 4. The minimum absolute atomic E-state index is 0.128.